The van der Waals surface area contributed by atoms with Crippen molar-refractivity contribution in [1.82, 2.24) is 15.1 Å². The summed E-state index contributed by atoms with van der Waals surface area (Å²) in [7, 11) is 0. The molecule has 0 aliphatic rings. The fourth-order valence-corrected chi connectivity index (χ4v) is 4.48. The second-order valence-electron chi connectivity index (χ2n) is 7.75. The summed E-state index contributed by atoms with van der Waals surface area (Å²) in [5, 5.41) is 4.20. The number of unbranched alkanes of at least 4 members (excludes halogenated alkanes) is 1. The van der Waals surface area contributed by atoms with E-state index in [4.69, 9.17) is 4.74 Å². The number of rotatable bonds is 9. The van der Waals surface area contributed by atoms with Crippen molar-refractivity contribution in [3.63, 3.8) is 0 Å². The van der Waals surface area contributed by atoms with Crippen LogP contribution in [0.25, 0.3) is 22.0 Å². The SMILES string of the molecule is CCCCc1nc(-c2ccc(C(F)(F)F)cc2)sc1COc1ccc(-c2noc(=O)[nH]2)c(CF)c1. The van der Waals surface area contributed by atoms with Crippen molar-refractivity contribution < 1.29 is 26.8 Å². The maximum Gasteiger partial charge on any atom is 0.439 e. The number of benzene rings is 2. The first-order valence-corrected chi connectivity index (χ1v) is 11.6. The Labute approximate surface area is 201 Å². The van der Waals surface area contributed by atoms with Crippen LogP contribution in [0.3, 0.4) is 0 Å². The molecule has 2 heterocycles. The van der Waals surface area contributed by atoms with Crippen LogP contribution in [-0.2, 0) is 25.9 Å². The van der Waals surface area contributed by atoms with Gasteiger partial charge in [-0.3, -0.25) is 9.51 Å². The Bertz CT molecular complexity index is 1340. The third-order valence-electron chi connectivity index (χ3n) is 5.29. The van der Waals surface area contributed by atoms with Gasteiger partial charge in [0.2, 0.25) is 0 Å². The van der Waals surface area contributed by atoms with Crippen molar-refractivity contribution in [2.24, 2.45) is 0 Å². The number of halogens is 4. The van der Waals surface area contributed by atoms with Crippen LogP contribution in [-0.4, -0.2) is 15.1 Å². The zero-order valence-electron chi connectivity index (χ0n) is 18.6. The fraction of sp³-hybridized carbons (Fsp3) is 0.292. The monoisotopic (exact) mass is 507 g/mol. The van der Waals surface area contributed by atoms with E-state index >= 15 is 0 Å². The molecule has 2 aromatic carbocycles. The minimum Gasteiger partial charge on any atom is -0.488 e. The number of alkyl halides is 4. The molecule has 6 nitrogen and oxygen atoms in total. The summed E-state index contributed by atoms with van der Waals surface area (Å²) in [6, 6.07) is 9.64. The molecule has 0 amide bonds. The fourth-order valence-electron chi connectivity index (χ4n) is 3.46. The molecule has 0 bridgehead atoms. The largest absolute Gasteiger partial charge is 0.488 e. The number of hydrogen-bond acceptors (Lipinski definition) is 6. The lowest BCUT2D eigenvalue weighted by Crippen LogP contribution is -2.03. The van der Waals surface area contributed by atoms with Gasteiger partial charge in [-0.25, -0.2) is 14.2 Å². The number of hydrogen-bond donors (Lipinski definition) is 1. The Morgan fingerprint density at radius 1 is 1.14 bits per heavy atom. The third kappa shape index (κ3) is 5.79. The molecule has 184 valence electrons. The summed E-state index contributed by atoms with van der Waals surface area (Å²) in [5.74, 6) is -0.198. The Morgan fingerprint density at radius 2 is 1.91 bits per heavy atom. The number of ether oxygens (including phenoxy) is 1. The Hall–Kier alpha value is -3.47. The molecule has 2 aromatic heterocycles. The van der Waals surface area contributed by atoms with E-state index in [1.165, 1.54) is 29.5 Å². The van der Waals surface area contributed by atoms with Gasteiger partial charge in [0.15, 0.2) is 5.82 Å². The Morgan fingerprint density at radius 3 is 2.54 bits per heavy atom. The van der Waals surface area contributed by atoms with Gasteiger partial charge >= 0.3 is 11.9 Å². The number of nitrogens with zero attached hydrogens (tertiary/aromatic N) is 2. The topological polar surface area (TPSA) is 81.0 Å². The third-order valence-corrected chi connectivity index (χ3v) is 6.41. The van der Waals surface area contributed by atoms with Crippen molar-refractivity contribution in [2.45, 2.75) is 45.6 Å². The molecule has 0 unspecified atom stereocenters. The van der Waals surface area contributed by atoms with Crippen molar-refractivity contribution >= 4 is 11.3 Å². The van der Waals surface area contributed by atoms with E-state index in [1.807, 2.05) is 0 Å². The van der Waals surface area contributed by atoms with Crippen molar-refractivity contribution in [3.8, 4) is 27.7 Å². The molecule has 0 spiro atoms. The molecular weight excluding hydrogens is 486 g/mol. The lowest BCUT2D eigenvalue weighted by atomic mass is 10.1. The minimum atomic E-state index is -4.40. The first-order valence-electron chi connectivity index (χ1n) is 10.8. The normalized spacial score (nSPS) is 11.7. The summed E-state index contributed by atoms with van der Waals surface area (Å²) in [5.41, 5.74) is 1.37. The zero-order valence-corrected chi connectivity index (χ0v) is 19.4. The van der Waals surface area contributed by atoms with Gasteiger partial charge in [-0.05, 0) is 48.7 Å². The summed E-state index contributed by atoms with van der Waals surface area (Å²) in [6.07, 6.45) is -1.83. The number of H-pyrrole nitrogens is 1. The molecule has 0 aliphatic carbocycles. The van der Waals surface area contributed by atoms with E-state index < -0.39 is 24.2 Å². The van der Waals surface area contributed by atoms with Gasteiger partial charge in [-0.15, -0.1) is 11.3 Å². The van der Waals surface area contributed by atoms with Gasteiger partial charge in [0.1, 0.15) is 24.0 Å². The predicted molar refractivity (Wildman–Crippen MR) is 123 cm³/mol. The molecular formula is C24H21F4N3O3S. The van der Waals surface area contributed by atoms with Crippen LogP contribution in [0, 0.1) is 0 Å². The lowest BCUT2D eigenvalue weighted by Gasteiger charge is -2.09. The number of thiazole rings is 1. The highest BCUT2D eigenvalue weighted by Gasteiger charge is 2.30. The molecule has 4 rings (SSSR count). The zero-order chi connectivity index (χ0) is 25.0. The van der Waals surface area contributed by atoms with E-state index in [0.29, 0.717) is 28.3 Å². The molecule has 11 heteroatoms. The second kappa shape index (κ2) is 10.4. The van der Waals surface area contributed by atoms with Gasteiger partial charge in [0, 0.05) is 11.1 Å². The quantitative estimate of drug-likeness (QED) is 0.260. The standard InChI is InChI=1S/C24H21F4N3O3S/c1-2-3-4-19-20(35-22(29-19)14-5-7-16(8-6-14)24(26,27)28)13-33-17-9-10-18(15(11-17)12-25)21-30-23(32)34-31-21/h5-11H,2-4,12-13H2,1H3,(H,30,31,32). The highest BCUT2D eigenvalue weighted by atomic mass is 32.1. The smallest absolute Gasteiger partial charge is 0.439 e. The molecule has 0 aliphatic heterocycles. The highest BCUT2D eigenvalue weighted by Crippen LogP contribution is 2.34. The van der Waals surface area contributed by atoms with Crippen LogP contribution >= 0.6 is 11.3 Å². The number of aromatic nitrogens is 3. The molecule has 0 saturated carbocycles. The van der Waals surface area contributed by atoms with Gasteiger partial charge in [0.05, 0.1) is 16.1 Å². The van der Waals surface area contributed by atoms with E-state index in [1.54, 1.807) is 12.1 Å². The lowest BCUT2D eigenvalue weighted by molar-refractivity contribution is -0.137. The van der Waals surface area contributed by atoms with Crippen LogP contribution in [0.4, 0.5) is 17.6 Å². The van der Waals surface area contributed by atoms with Crippen molar-refractivity contribution in [2.75, 3.05) is 0 Å². The molecule has 0 radical (unpaired) electrons. The molecule has 4 aromatic rings. The van der Waals surface area contributed by atoms with Crippen LogP contribution in [0.5, 0.6) is 5.75 Å². The van der Waals surface area contributed by atoms with E-state index in [-0.39, 0.29) is 18.0 Å². The molecule has 0 fully saturated rings. The van der Waals surface area contributed by atoms with Crippen LogP contribution in [0.15, 0.2) is 51.8 Å². The van der Waals surface area contributed by atoms with Gasteiger partial charge in [0.25, 0.3) is 0 Å². The summed E-state index contributed by atoms with van der Waals surface area (Å²) >= 11 is 1.35. The highest BCUT2D eigenvalue weighted by molar-refractivity contribution is 7.15. The Balaban J connectivity index is 1.55. The second-order valence-corrected chi connectivity index (χ2v) is 8.84. The number of nitrogens with one attached hydrogen (secondary N) is 1. The summed E-state index contributed by atoms with van der Waals surface area (Å²) in [6.45, 7) is 1.42. The van der Waals surface area contributed by atoms with E-state index in [2.05, 4.69) is 26.6 Å². The number of aryl methyl sites for hydroxylation is 1. The Kier molecular flexibility index (Phi) is 7.34. The van der Waals surface area contributed by atoms with Gasteiger partial charge in [-0.2, -0.15) is 13.2 Å². The van der Waals surface area contributed by atoms with Gasteiger partial charge in [-0.1, -0.05) is 30.6 Å². The molecule has 0 saturated heterocycles. The predicted octanol–water partition coefficient (Wildman–Crippen LogP) is 6.56. The summed E-state index contributed by atoms with van der Waals surface area (Å²) in [4.78, 5) is 19.1. The van der Waals surface area contributed by atoms with E-state index in [9.17, 15) is 22.4 Å². The van der Waals surface area contributed by atoms with Crippen LogP contribution in [0.2, 0.25) is 0 Å². The first kappa shape index (κ1) is 24.6. The van der Waals surface area contributed by atoms with Gasteiger partial charge < -0.3 is 4.74 Å². The first-order chi connectivity index (χ1) is 16.8. The van der Waals surface area contributed by atoms with Crippen LogP contribution < -0.4 is 10.5 Å². The van der Waals surface area contributed by atoms with E-state index in [0.717, 1.165) is 35.5 Å². The maximum absolute atomic E-state index is 13.6. The molecule has 35 heavy (non-hydrogen) atoms. The van der Waals surface area contributed by atoms with Crippen molar-refractivity contribution in [1.29, 1.82) is 0 Å². The number of aromatic amines is 1. The minimum absolute atomic E-state index is 0.125. The average Bonchev–Trinajstić information content (AvgIpc) is 3.46. The summed E-state index contributed by atoms with van der Waals surface area (Å²) < 4.78 is 62.7. The molecule has 1 N–H and O–H groups in total. The average molecular weight is 508 g/mol. The van der Waals surface area contributed by atoms with Crippen molar-refractivity contribution in [3.05, 3.63) is 74.7 Å². The maximum atomic E-state index is 13.6. The van der Waals surface area contributed by atoms with Crippen LogP contribution in [0.1, 0.15) is 41.5 Å². The molecule has 0 atom stereocenters.